The summed E-state index contributed by atoms with van der Waals surface area (Å²) >= 11 is 3.26. The van der Waals surface area contributed by atoms with Crippen LogP contribution in [0.3, 0.4) is 0 Å². The lowest BCUT2D eigenvalue weighted by Crippen LogP contribution is -2.45. The van der Waals surface area contributed by atoms with Gasteiger partial charge in [-0.25, -0.2) is 13.1 Å². The molecule has 27 heavy (non-hydrogen) atoms. The first-order valence-corrected chi connectivity index (χ1v) is 10.7. The van der Waals surface area contributed by atoms with Gasteiger partial charge >= 0.3 is 5.97 Å². The van der Waals surface area contributed by atoms with Crippen LogP contribution in [-0.4, -0.2) is 40.6 Å². The van der Waals surface area contributed by atoms with Gasteiger partial charge in [0.15, 0.2) is 12.4 Å². The predicted molar refractivity (Wildman–Crippen MR) is 101 cm³/mol. The molecule has 1 aromatic heterocycles. The van der Waals surface area contributed by atoms with Crippen molar-refractivity contribution >= 4 is 31.9 Å². The molecule has 0 bridgehead atoms. The van der Waals surface area contributed by atoms with Crippen molar-refractivity contribution < 1.29 is 17.9 Å². The van der Waals surface area contributed by atoms with Crippen LogP contribution >= 0.6 is 15.9 Å². The van der Waals surface area contributed by atoms with E-state index in [9.17, 15) is 13.2 Å². The summed E-state index contributed by atoms with van der Waals surface area (Å²) in [5, 5.41) is 11.2. The number of aromatic nitrogens is 4. The van der Waals surface area contributed by atoms with Gasteiger partial charge < -0.3 is 4.74 Å². The van der Waals surface area contributed by atoms with Crippen LogP contribution in [-0.2, 0) is 32.7 Å². The van der Waals surface area contributed by atoms with Crippen LogP contribution in [0.15, 0.2) is 33.6 Å². The first kappa shape index (κ1) is 21.5. The summed E-state index contributed by atoms with van der Waals surface area (Å²) < 4.78 is 35.1. The summed E-state index contributed by atoms with van der Waals surface area (Å²) in [6.07, 6.45) is 0.827. The molecule has 1 atom stereocenters. The maximum atomic E-state index is 12.6. The van der Waals surface area contributed by atoms with Gasteiger partial charge in [0.05, 0.1) is 4.90 Å². The fourth-order valence-electron chi connectivity index (χ4n) is 2.24. The highest BCUT2D eigenvalue weighted by Gasteiger charge is 2.30. The topological polar surface area (TPSA) is 116 Å². The molecular weight excluding hydrogens is 438 g/mol. The van der Waals surface area contributed by atoms with Crippen molar-refractivity contribution in [3.8, 4) is 0 Å². The van der Waals surface area contributed by atoms with Crippen LogP contribution in [0.2, 0.25) is 0 Å². The summed E-state index contributed by atoms with van der Waals surface area (Å²) in [6, 6.07) is 5.10. The molecule has 2 rings (SSSR count). The van der Waals surface area contributed by atoms with Crippen molar-refractivity contribution in [2.75, 3.05) is 0 Å². The second-order valence-corrected chi connectivity index (χ2v) is 8.85. The number of benzene rings is 1. The largest absolute Gasteiger partial charge is 0.456 e. The van der Waals surface area contributed by atoms with E-state index in [0.29, 0.717) is 12.4 Å². The number of nitrogens with zero attached hydrogens (tertiary/aromatic N) is 4. The number of hydrogen-bond acceptors (Lipinski definition) is 7. The van der Waals surface area contributed by atoms with E-state index in [-0.39, 0.29) is 17.4 Å². The Balaban J connectivity index is 2.08. The third kappa shape index (κ3) is 5.81. The number of rotatable bonds is 9. The minimum Gasteiger partial charge on any atom is -0.456 e. The first-order valence-electron chi connectivity index (χ1n) is 8.44. The summed E-state index contributed by atoms with van der Waals surface area (Å²) in [7, 11) is -3.87. The van der Waals surface area contributed by atoms with Crippen LogP contribution in [0.25, 0.3) is 0 Å². The maximum Gasteiger partial charge on any atom is 0.324 e. The molecule has 148 valence electrons. The molecule has 0 amide bonds. The van der Waals surface area contributed by atoms with E-state index in [1.165, 1.54) is 12.1 Å². The SMILES string of the molecule is CCCn1nnnc1COC(=O)[C@@H](NS(=O)(=O)c1ccc(Br)cc1)C(C)C. The van der Waals surface area contributed by atoms with E-state index < -0.39 is 22.0 Å². The Labute approximate surface area is 166 Å². The van der Waals surface area contributed by atoms with Crippen molar-refractivity contribution in [1.82, 2.24) is 24.9 Å². The number of hydrogen-bond donors (Lipinski definition) is 1. The zero-order valence-electron chi connectivity index (χ0n) is 15.3. The van der Waals surface area contributed by atoms with Gasteiger partial charge in [-0.1, -0.05) is 36.7 Å². The fraction of sp³-hybridized carbons (Fsp3) is 0.500. The average Bonchev–Trinajstić information content (AvgIpc) is 3.05. The van der Waals surface area contributed by atoms with Crippen molar-refractivity contribution in [2.45, 2.75) is 51.3 Å². The number of nitrogens with one attached hydrogen (secondary N) is 1. The summed E-state index contributed by atoms with van der Waals surface area (Å²) in [4.78, 5) is 12.5. The molecule has 11 heteroatoms. The Morgan fingerprint density at radius 1 is 1.30 bits per heavy atom. The van der Waals surface area contributed by atoms with Crippen LogP contribution < -0.4 is 4.72 Å². The van der Waals surface area contributed by atoms with Crippen LogP contribution in [0, 0.1) is 5.92 Å². The molecular formula is C16H22BrN5O4S. The van der Waals surface area contributed by atoms with Gasteiger partial charge in [-0.2, -0.15) is 4.72 Å². The molecule has 0 aliphatic heterocycles. The third-order valence-corrected chi connectivity index (χ3v) is 5.70. The molecule has 0 radical (unpaired) electrons. The molecule has 0 fully saturated rings. The number of halogens is 1. The van der Waals surface area contributed by atoms with Gasteiger partial charge in [0.25, 0.3) is 0 Å². The van der Waals surface area contributed by atoms with Gasteiger partial charge in [-0.3, -0.25) is 4.79 Å². The van der Waals surface area contributed by atoms with Crippen LogP contribution in [0.4, 0.5) is 0 Å². The second-order valence-electron chi connectivity index (χ2n) is 6.22. The van der Waals surface area contributed by atoms with E-state index in [4.69, 9.17) is 4.74 Å². The smallest absolute Gasteiger partial charge is 0.324 e. The van der Waals surface area contributed by atoms with Crippen molar-refractivity contribution in [1.29, 1.82) is 0 Å². The molecule has 0 unspecified atom stereocenters. The Bertz CT molecular complexity index is 867. The van der Waals surface area contributed by atoms with Crippen molar-refractivity contribution in [3.63, 3.8) is 0 Å². The number of sulfonamides is 1. The molecule has 2 aromatic rings. The second kappa shape index (κ2) is 9.38. The number of tetrazole rings is 1. The van der Waals surface area contributed by atoms with E-state index in [2.05, 4.69) is 36.2 Å². The third-order valence-electron chi connectivity index (χ3n) is 3.71. The van der Waals surface area contributed by atoms with Gasteiger partial charge in [0.1, 0.15) is 6.04 Å². The molecule has 1 heterocycles. The van der Waals surface area contributed by atoms with Gasteiger partial charge in [-0.05, 0) is 47.0 Å². The summed E-state index contributed by atoms with van der Waals surface area (Å²) in [6.45, 7) is 5.91. The van der Waals surface area contributed by atoms with Crippen molar-refractivity contribution in [2.24, 2.45) is 5.92 Å². The lowest BCUT2D eigenvalue weighted by molar-refractivity contribution is -0.148. The normalized spacial score (nSPS) is 12.9. The van der Waals surface area contributed by atoms with Crippen molar-refractivity contribution in [3.05, 3.63) is 34.6 Å². The number of carbonyl (C=O) groups is 1. The summed E-state index contributed by atoms with van der Waals surface area (Å²) in [5.74, 6) is -0.588. The minimum atomic E-state index is -3.87. The first-order chi connectivity index (χ1) is 12.7. The van der Waals surface area contributed by atoms with E-state index in [0.717, 1.165) is 10.9 Å². The lowest BCUT2D eigenvalue weighted by atomic mass is 10.1. The van der Waals surface area contributed by atoms with Crippen LogP contribution in [0.1, 0.15) is 33.0 Å². The quantitative estimate of drug-likeness (QED) is 0.568. The molecule has 1 aromatic carbocycles. The Hall–Kier alpha value is -1.85. The van der Waals surface area contributed by atoms with E-state index in [1.807, 2.05) is 6.92 Å². The Morgan fingerprint density at radius 2 is 1.96 bits per heavy atom. The Morgan fingerprint density at radius 3 is 2.56 bits per heavy atom. The monoisotopic (exact) mass is 459 g/mol. The number of aryl methyl sites for hydroxylation is 1. The lowest BCUT2D eigenvalue weighted by Gasteiger charge is -2.20. The van der Waals surface area contributed by atoms with Gasteiger partial charge in [0.2, 0.25) is 10.0 Å². The van der Waals surface area contributed by atoms with E-state index >= 15 is 0 Å². The van der Waals surface area contributed by atoms with Crippen LogP contribution in [0.5, 0.6) is 0 Å². The van der Waals surface area contributed by atoms with Gasteiger partial charge in [-0.15, -0.1) is 5.10 Å². The molecule has 0 saturated carbocycles. The number of ether oxygens (including phenoxy) is 1. The minimum absolute atomic E-state index is 0.0658. The van der Waals surface area contributed by atoms with E-state index in [1.54, 1.807) is 30.7 Å². The molecule has 9 nitrogen and oxygen atoms in total. The zero-order valence-corrected chi connectivity index (χ0v) is 17.7. The standard InChI is InChI=1S/C16H22BrN5O4S/c1-4-9-22-14(18-20-21-22)10-26-16(23)15(11(2)3)19-27(24,25)13-7-5-12(17)6-8-13/h5-8,11,15,19H,4,9-10H2,1-3H3/t15-/m0/s1. The highest BCUT2D eigenvalue weighted by molar-refractivity contribution is 9.10. The van der Waals surface area contributed by atoms with Gasteiger partial charge in [0, 0.05) is 11.0 Å². The Kier molecular flexibility index (Phi) is 7.45. The maximum absolute atomic E-state index is 12.6. The molecule has 0 saturated heterocycles. The molecule has 0 aliphatic rings. The average molecular weight is 460 g/mol. The molecule has 1 N–H and O–H groups in total. The number of carbonyl (C=O) groups excluding carboxylic acids is 1. The zero-order chi connectivity index (χ0) is 20.0. The molecule has 0 aliphatic carbocycles. The summed E-state index contributed by atoms with van der Waals surface area (Å²) in [5.41, 5.74) is 0. The predicted octanol–water partition coefficient (Wildman–Crippen LogP) is 1.89. The number of esters is 1. The highest BCUT2D eigenvalue weighted by Crippen LogP contribution is 2.16. The fourth-order valence-corrected chi connectivity index (χ4v) is 3.84. The molecule has 0 spiro atoms. The highest BCUT2D eigenvalue weighted by atomic mass is 79.9.